The van der Waals surface area contributed by atoms with Crippen molar-refractivity contribution in [1.82, 2.24) is 30.8 Å². The Labute approximate surface area is 186 Å². The van der Waals surface area contributed by atoms with Crippen LogP contribution in [0.25, 0.3) is 11.4 Å². The van der Waals surface area contributed by atoms with Crippen LogP contribution in [0.3, 0.4) is 0 Å². The van der Waals surface area contributed by atoms with Crippen LogP contribution >= 0.6 is 24.0 Å². The van der Waals surface area contributed by atoms with E-state index in [0.29, 0.717) is 36.6 Å². The summed E-state index contributed by atoms with van der Waals surface area (Å²) in [6, 6.07) is 7.59. The zero-order chi connectivity index (χ0) is 19.9. The molecule has 0 spiro atoms. The molecule has 3 rings (SSSR count). The van der Waals surface area contributed by atoms with E-state index in [1.807, 2.05) is 45.0 Å². The van der Waals surface area contributed by atoms with Crippen LogP contribution in [-0.4, -0.2) is 39.8 Å². The molecular formula is C19H26IN7O2. The van der Waals surface area contributed by atoms with Crippen LogP contribution in [0.5, 0.6) is 5.75 Å². The summed E-state index contributed by atoms with van der Waals surface area (Å²) in [5.41, 5.74) is 1.80. The van der Waals surface area contributed by atoms with Gasteiger partial charge in [0.25, 0.3) is 0 Å². The summed E-state index contributed by atoms with van der Waals surface area (Å²) in [4.78, 5) is 13.4. The van der Waals surface area contributed by atoms with Crippen molar-refractivity contribution in [3.8, 4) is 17.1 Å². The number of ether oxygens (including phenoxy) is 1. The average Bonchev–Trinajstić information content (AvgIpc) is 3.31. The van der Waals surface area contributed by atoms with E-state index in [4.69, 9.17) is 9.15 Å². The Morgan fingerprint density at radius 2 is 1.93 bits per heavy atom. The molecular weight excluding hydrogens is 485 g/mol. The maximum Gasteiger partial charge on any atom is 0.214 e. The molecule has 0 atom stereocenters. The Hall–Kier alpha value is -2.63. The highest BCUT2D eigenvalue weighted by molar-refractivity contribution is 14.0. The number of aromatic nitrogens is 4. The largest absolute Gasteiger partial charge is 0.497 e. The molecule has 0 saturated carbocycles. The van der Waals surface area contributed by atoms with Crippen LogP contribution in [0.1, 0.15) is 30.1 Å². The number of rotatable bonds is 7. The fraction of sp³-hybridized carbons (Fsp3) is 0.368. The molecule has 2 aromatic heterocycles. The number of hydrogen-bond acceptors (Lipinski definition) is 6. The van der Waals surface area contributed by atoms with E-state index in [1.165, 1.54) is 0 Å². The molecule has 0 bridgehead atoms. The fourth-order valence-electron chi connectivity index (χ4n) is 2.51. The van der Waals surface area contributed by atoms with Crippen LogP contribution in [0.15, 0.2) is 33.7 Å². The quantitative estimate of drug-likeness (QED) is 0.254. The van der Waals surface area contributed by atoms with Crippen molar-refractivity contribution in [3.05, 3.63) is 47.4 Å². The Kier molecular flexibility index (Phi) is 8.43. The second-order valence-corrected chi connectivity index (χ2v) is 6.13. The Morgan fingerprint density at radius 1 is 1.17 bits per heavy atom. The van der Waals surface area contributed by atoms with Gasteiger partial charge in [-0.2, -0.15) is 5.10 Å². The van der Waals surface area contributed by atoms with Crippen molar-refractivity contribution >= 4 is 29.9 Å². The lowest BCUT2D eigenvalue weighted by molar-refractivity contribution is 0.415. The lowest BCUT2D eigenvalue weighted by Gasteiger charge is -2.09. The van der Waals surface area contributed by atoms with Crippen molar-refractivity contribution in [1.29, 1.82) is 0 Å². The maximum absolute atomic E-state index is 5.58. The van der Waals surface area contributed by atoms with Gasteiger partial charge in [-0.1, -0.05) is 0 Å². The minimum Gasteiger partial charge on any atom is -0.497 e. The molecule has 9 nitrogen and oxygen atoms in total. The lowest BCUT2D eigenvalue weighted by atomic mass is 10.2. The molecule has 3 N–H and O–H groups in total. The van der Waals surface area contributed by atoms with Crippen LogP contribution in [0, 0.1) is 13.8 Å². The highest BCUT2D eigenvalue weighted by atomic mass is 127. The van der Waals surface area contributed by atoms with E-state index in [1.54, 1.807) is 7.11 Å². The van der Waals surface area contributed by atoms with Crippen molar-refractivity contribution < 1.29 is 9.15 Å². The van der Waals surface area contributed by atoms with Gasteiger partial charge in [0, 0.05) is 12.1 Å². The molecule has 0 radical (unpaired) electrons. The second-order valence-electron chi connectivity index (χ2n) is 6.13. The smallest absolute Gasteiger partial charge is 0.214 e. The molecule has 0 amide bonds. The van der Waals surface area contributed by atoms with Gasteiger partial charge in [-0.3, -0.25) is 5.10 Å². The zero-order valence-corrected chi connectivity index (χ0v) is 19.3. The van der Waals surface area contributed by atoms with E-state index < -0.39 is 0 Å². The van der Waals surface area contributed by atoms with E-state index in [-0.39, 0.29) is 24.0 Å². The molecule has 156 valence electrons. The van der Waals surface area contributed by atoms with Gasteiger partial charge in [0.15, 0.2) is 11.8 Å². The number of aliphatic imine (C=N–C) groups is 1. The Balaban J connectivity index is 0.00000300. The first-order valence-electron chi connectivity index (χ1n) is 9.09. The van der Waals surface area contributed by atoms with E-state index >= 15 is 0 Å². The molecule has 10 heteroatoms. The number of halogens is 1. The van der Waals surface area contributed by atoms with Gasteiger partial charge in [0.1, 0.15) is 23.9 Å². The molecule has 0 aliphatic carbocycles. The number of benzene rings is 1. The highest BCUT2D eigenvalue weighted by Crippen LogP contribution is 2.19. The third-order valence-corrected chi connectivity index (χ3v) is 4.09. The van der Waals surface area contributed by atoms with Gasteiger partial charge in [0.2, 0.25) is 5.89 Å². The second kappa shape index (κ2) is 10.8. The van der Waals surface area contributed by atoms with Gasteiger partial charge in [-0.25, -0.2) is 15.0 Å². The summed E-state index contributed by atoms with van der Waals surface area (Å²) in [5, 5.41) is 13.6. The maximum atomic E-state index is 5.58. The number of aromatic amines is 1. The van der Waals surface area contributed by atoms with Crippen molar-refractivity contribution in [2.75, 3.05) is 13.7 Å². The van der Waals surface area contributed by atoms with Crippen LogP contribution < -0.4 is 15.4 Å². The minimum absolute atomic E-state index is 0. The number of nitrogens with one attached hydrogen (secondary N) is 3. The average molecular weight is 511 g/mol. The molecule has 2 heterocycles. The summed E-state index contributed by atoms with van der Waals surface area (Å²) < 4.78 is 10.8. The number of hydrogen-bond donors (Lipinski definition) is 3. The molecule has 3 aromatic rings. The number of nitrogens with zero attached hydrogens (tertiary/aromatic N) is 4. The molecule has 0 saturated heterocycles. The van der Waals surface area contributed by atoms with E-state index in [9.17, 15) is 0 Å². The topological polar surface area (TPSA) is 113 Å². The van der Waals surface area contributed by atoms with Crippen molar-refractivity contribution in [2.24, 2.45) is 4.99 Å². The fourth-order valence-corrected chi connectivity index (χ4v) is 2.51. The molecule has 1 aromatic carbocycles. The SMILES string of the molecule is CCNC(=NCc1nc(-c2ccc(OC)cc2)n[nH]1)NCc1nc(C)c(C)o1.I. The predicted octanol–water partition coefficient (Wildman–Crippen LogP) is 2.96. The first-order valence-corrected chi connectivity index (χ1v) is 9.09. The van der Waals surface area contributed by atoms with Crippen LogP contribution in [0.2, 0.25) is 0 Å². The van der Waals surface area contributed by atoms with E-state index in [2.05, 4.69) is 35.8 Å². The van der Waals surface area contributed by atoms with E-state index in [0.717, 1.165) is 29.3 Å². The van der Waals surface area contributed by atoms with Gasteiger partial charge in [0.05, 0.1) is 19.3 Å². The number of oxazole rings is 1. The van der Waals surface area contributed by atoms with Crippen LogP contribution in [-0.2, 0) is 13.1 Å². The normalized spacial score (nSPS) is 11.1. The summed E-state index contributed by atoms with van der Waals surface area (Å²) in [6.07, 6.45) is 0. The van der Waals surface area contributed by atoms with Crippen molar-refractivity contribution in [2.45, 2.75) is 33.9 Å². The predicted molar refractivity (Wildman–Crippen MR) is 121 cm³/mol. The third kappa shape index (κ3) is 6.17. The molecule has 0 fully saturated rings. The number of aryl methyl sites for hydroxylation is 2. The van der Waals surface area contributed by atoms with Gasteiger partial charge in [-0.05, 0) is 45.0 Å². The summed E-state index contributed by atoms with van der Waals surface area (Å²) in [7, 11) is 1.64. The first-order chi connectivity index (χ1) is 13.6. The zero-order valence-electron chi connectivity index (χ0n) is 16.9. The van der Waals surface area contributed by atoms with Crippen molar-refractivity contribution in [3.63, 3.8) is 0 Å². The number of methoxy groups -OCH3 is 1. The monoisotopic (exact) mass is 511 g/mol. The van der Waals surface area contributed by atoms with Gasteiger partial charge >= 0.3 is 0 Å². The van der Waals surface area contributed by atoms with Gasteiger partial charge < -0.3 is 19.8 Å². The number of H-pyrrole nitrogens is 1. The number of guanidine groups is 1. The molecule has 0 unspecified atom stereocenters. The molecule has 0 aliphatic heterocycles. The standard InChI is InChI=1S/C19H25N7O2.HI/c1-5-20-19(22-11-17-23-12(2)13(3)28-17)21-10-16-24-18(26-25-16)14-6-8-15(27-4)9-7-14;/h6-9H,5,10-11H2,1-4H3,(H2,20,21,22)(H,24,25,26);1H. The lowest BCUT2D eigenvalue weighted by Crippen LogP contribution is -2.36. The molecule has 0 aliphatic rings. The van der Waals surface area contributed by atoms with Gasteiger partial charge in [-0.15, -0.1) is 24.0 Å². The third-order valence-electron chi connectivity index (χ3n) is 4.09. The Morgan fingerprint density at radius 3 is 2.55 bits per heavy atom. The summed E-state index contributed by atoms with van der Waals surface area (Å²) in [6.45, 7) is 7.38. The minimum atomic E-state index is 0. The van der Waals surface area contributed by atoms with Crippen LogP contribution in [0.4, 0.5) is 0 Å². The first kappa shape index (κ1) is 22.7. The summed E-state index contributed by atoms with van der Waals surface area (Å²) >= 11 is 0. The Bertz CT molecular complexity index is 915. The highest BCUT2D eigenvalue weighted by Gasteiger charge is 2.08. The molecule has 29 heavy (non-hydrogen) atoms. The summed E-state index contributed by atoms with van der Waals surface area (Å²) in [5.74, 6) is 4.19.